The molecule has 1 aromatic carbocycles. The molecule has 2 nitrogen and oxygen atoms in total. The van der Waals surface area contributed by atoms with Gasteiger partial charge in [-0.3, -0.25) is 4.98 Å². The van der Waals surface area contributed by atoms with Crippen LogP contribution >= 0.6 is 0 Å². The monoisotopic (exact) mass is 241 g/mol. The number of pyridine rings is 1. The van der Waals surface area contributed by atoms with Gasteiger partial charge in [-0.15, -0.1) is 0 Å². The quantitative estimate of drug-likeness (QED) is 0.871. The van der Waals surface area contributed by atoms with Gasteiger partial charge in [-0.1, -0.05) is 36.4 Å². The second kappa shape index (κ2) is 5.78. The zero-order valence-corrected chi connectivity index (χ0v) is 10.7. The number of nitrogens with zero attached hydrogens (tertiary/aromatic N) is 1. The Kier molecular flexibility index (Phi) is 4.11. The van der Waals surface area contributed by atoms with E-state index in [4.69, 9.17) is 0 Å². The summed E-state index contributed by atoms with van der Waals surface area (Å²) in [5, 5.41) is 10.4. The van der Waals surface area contributed by atoms with Crippen LogP contribution in [0.15, 0.2) is 54.9 Å². The molecule has 0 fully saturated rings. The Morgan fingerprint density at radius 2 is 1.89 bits per heavy atom. The van der Waals surface area contributed by atoms with Gasteiger partial charge in [0.15, 0.2) is 0 Å². The topological polar surface area (TPSA) is 33.1 Å². The fourth-order valence-corrected chi connectivity index (χ4v) is 2.11. The summed E-state index contributed by atoms with van der Waals surface area (Å²) in [4.78, 5) is 4.06. The van der Waals surface area contributed by atoms with Crippen LogP contribution in [-0.4, -0.2) is 10.1 Å². The van der Waals surface area contributed by atoms with E-state index in [0.29, 0.717) is 0 Å². The summed E-state index contributed by atoms with van der Waals surface area (Å²) in [5.41, 5.74) is 1.42. The molecule has 1 N–H and O–H groups in total. The van der Waals surface area contributed by atoms with Gasteiger partial charge < -0.3 is 5.11 Å². The van der Waals surface area contributed by atoms with E-state index < -0.39 is 5.60 Å². The van der Waals surface area contributed by atoms with Gasteiger partial charge in [0.25, 0.3) is 0 Å². The van der Waals surface area contributed by atoms with E-state index in [1.54, 1.807) is 12.4 Å². The number of rotatable bonds is 5. The zero-order chi connectivity index (χ0) is 12.8. The van der Waals surface area contributed by atoms with Crippen molar-refractivity contribution in [2.24, 2.45) is 0 Å². The molecule has 94 valence electrons. The predicted octanol–water partition coefficient (Wildman–Crippen LogP) is 3.31. The Morgan fingerprint density at radius 1 is 1.11 bits per heavy atom. The molecule has 0 aliphatic carbocycles. The van der Waals surface area contributed by atoms with Gasteiger partial charge in [-0.2, -0.15) is 0 Å². The maximum absolute atomic E-state index is 10.4. The summed E-state index contributed by atoms with van der Waals surface area (Å²) in [5.74, 6) is 0. The number of hydrogen-bond donors (Lipinski definition) is 1. The number of benzene rings is 1. The summed E-state index contributed by atoms with van der Waals surface area (Å²) in [6.07, 6.45) is 6.17. The molecule has 1 aromatic heterocycles. The molecule has 0 radical (unpaired) electrons. The molecule has 0 saturated carbocycles. The Labute approximate surface area is 108 Å². The summed E-state index contributed by atoms with van der Waals surface area (Å²) in [7, 11) is 0. The molecule has 0 saturated heterocycles. The summed E-state index contributed by atoms with van der Waals surface area (Å²) < 4.78 is 0. The first-order valence-corrected chi connectivity index (χ1v) is 6.35. The zero-order valence-electron chi connectivity index (χ0n) is 10.7. The van der Waals surface area contributed by atoms with Crippen LogP contribution in [0.2, 0.25) is 0 Å². The highest BCUT2D eigenvalue weighted by Crippen LogP contribution is 2.25. The molecular formula is C16H19NO. The van der Waals surface area contributed by atoms with E-state index in [9.17, 15) is 5.11 Å². The maximum Gasteiger partial charge on any atom is 0.0883 e. The van der Waals surface area contributed by atoms with Gasteiger partial charge in [-0.25, -0.2) is 0 Å². The minimum absolute atomic E-state index is 0.744. The Morgan fingerprint density at radius 3 is 2.56 bits per heavy atom. The van der Waals surface area contributed by atoms with E-state index in [1.807, 2.05) is 25.1 Å². The van der Waals surface area contributed by atoms with Crippen LogP contribution in [0.25, 0.3) is 0 Å². The van der Waals surface area contributed by atoms with Gasteiger partial charge in [0.05, 0.1) is 5.60 Å². The first-order valence-electron chi connectivity index (χ1n) is 6.35. The number of aliphatic hydroxyl groups is 1. The Bertz CT molecular complexity index is 465. The molecule has 2 rings (SSSR count). The highest BCUT2D eigenvalue weighted by atomic mass is 16.3. The highest BCUT2D eigenvalue weighted by molar-refractivity contribution is 5.17. The molecule has 2 aromatic rings. The molecule has 0 bridgehead atoms. The van der Waals surface area contributed by atoms with Crippen molar-refractivity contribution in [2.75, 3.05) is 0 Å². The van der Waals surface area contributed by atoms with Crippen LogP contribution in [-0.2, 0) is 12.0 Å². The second-order valence-electron chi connectivity index (χ2n) is 4.85. The first-order chi connectivity index (χ1) is 8.68. The molecule has 1 atom stereocenters. The fraction of sp³-hybridized carbons (Fsp3) is 0.312. The minimum atomic E-state index is -0.789. The van der Waals surface area contributed by atoms with E-state index >= 15 is 0 Å². The third-order valence-corrected chi connectivity index (χ3v) is 3.26. The lowest BCUT2D eigenvalue weighted by Gasteiger charge is -2.23. The molecular weight excluding hydrogens is 222 g/mol. The van der Waals surface area contributed by atoms with Crippen molar-refractivity contribution >= 4 is 0 Å². The van der Waals surface area contributed by atoms with Crippen molar-refractivity contribution in [3.8, 4) is 0 Å². The average Bonchev–Trinajstić information content (AvgIpc) is 2.41. The van der Waals surface area contributed by atoms with Gasteiger partial charge in [0.2, 0.25) is 0 Å². The molecule has 0 spiro atoms. The minimum Gasteiger partial charge on any atom is -0.385 e. The first kappa shape index (κ1) is 12.8. The highest BCUT2D eigenvalue weighted by Gasteiger charge is 2.22. The van der Waals surface area contributed by atoms with Gasteiger partial charge in [0, 0.05) is 18.0 Å². The number of aryl methyl sites for hydroxylation is 1. The average molecular weight is 241 g/mol. The van der Waals surface area contributed by atoms with Crippen LogP contribution in [0.3, 0.4) is 0 Å². The summed E-state index contributed by atoms with van der Waals surface area (Å²) in [6.45, 7) is 1.86. The van der Waals surface area contributed by atoms with Crippen LogP contribution in [0.5, 0.6) is 0 Å². The van der Waals surface area contributed by atoms with Crippen molar-refractivity contribution in [1.82, 2.24) is 4.98 Å². The lowest BCUT2D eigenvalue weighted by Crippen LogP contribution is -2.21. The fourth-order valence-electron chi connectivity index (χ4n) is 2.11. The SMILES string of the molecule is CC(O)(CCCc1ccccc1)c1cccnc1. The second-order valence-corrected chi connectivity index (χ2v) is 4.85. The lowest BCUT2D eigenvalue weighted by atomic mass is 9.91. The molecule has 0 amide bonds. The van der Waals surface area contributed by atoms with Crippen LogP contribution in [0.1, 0.15) is 30.9 Å². The van der Waals surface area contributed by atoms with E-state index in [0.717, 1.165) is 24.8 Å². The van der Waals surface area contributed by atoms with Crippen LogP contribution in [0.4, 0.5) is 0 Å². The maximum atomic E-state index is 10.4. The largest absolute Gasteiger partial charge is 0.385 e. The summed E-state index contributed by atoms with van der Waals surface area (Å²) in [6, 6.07) is 14.2. The molecule has 1 heterocycles. The normalized spacial score (nSPS) is 14.1. The van der Waals surface area contributed by atoms with Gasteiger partial charge in [0.1, 0.15) is 0 Å². The summed E-state index contributed by atoms with van der Waals surface area (Å²) >= 11 is 0. The third kappa shape index (κ3) is 3.41. The molecule has 18 heavy (non-hydrogen) atoms. The van der Waals surface area contributed by atoms with Crippen LogP contribution in [0, 0.1) is 0 Å². The van der Waals surface area contributed by atoms with E-state index in [1.165, 1.54) is 5.56 Å². The van der Waals surface area contributed by atoms with Crippen molar-refractivity contribution in [3.63, 3.8) is 0 Å². The number of aromatic nitrogens is 1. The Hall–Kier alpha value is -1.67. The molecule has 2 heteroatoms. The Balaban J connectivity index is 1.90. The van der Waals surface area contributed by atoms with Crippen LogP contribution < -0.4 is 0 Å². The molecule has 0 aliphatic heterocycles. The lowest BCUT2D eigenvalue weighted by molar-refractivity contribution is 0.0453. The number of hydrogen-bond acceptors (Lipinski definition) is 2. The molecule has 0 aliphatic rings. The molecule has 1 unspecified atom stereocenters. The van der Waals surface area contributed by atoms with Crippen molar-refractivity contribution in [3.05, 3.63) is 66.0 Å². The van der Waals surface area contributed by atoms with E-state index in [2.05, 4.69) is 29.2 Å². The standard InChI is InChI=1S/C16H19NO/c1-16(18,15-10-6-12-17-13-15)11-5-9-14-7-3-2-4-8-14/h2-4,6-8,10,12-13,18H,5,9,11H2,1H3. The predicted molar refractivity (Wildman–Crippen MR) is 73.2 cm³/mol. The van der Waals surface area contributed by atoms with Crippen molar-refractivity contribution in [2.45, 2.75) is 31.8 Å². The van der Waals surface area contributed by atoms with Crippen molar-refractivity contribution < 1.29 is 5.11 Å². The van der Waals surface area contributed by atoms with E-state index in [-0.39, 0.29) is 0 Å². The van der Waals surface area contributed by atoms with Crippen molar-refractivity contribution in [1.29, 1.82) is 0 Å². The smallest absolute Gasteiger partial charge is 0.0883 e. The van der Waals surface area contributed by atoms with Gasteiger partial charge >= 0.3 is 0 Å². The third-order valence-electron chi connectivity index (χ3n) is 3.26. The van der Waals surface area contributed by atoms with Gasteiger partial charge in [-0.05, 0) is 37.8 Å².